The Morgan fingerprint density at radius 2 is 2.11 bits per heavy atom. The fourth-order valence-corrected chi connectivity index (χ4v) is 3.43. The van der Waals surface area contributed by atoms with Gasteiger partial charge in [-0.1, -0.05) is 20.8 Å². The summed E-state index contributed by atoms with van der Waals surface area (Å²) in [5.74, 6) is 0.485. The van der Waals surface area contributed by atoms with Gasteiger partial charge in [-0.2, -0.15) is 0 Å². The van der Waals surface area contributed by atoms with Crippen LogP contribution in [0.4, 0.5) is 5.13 Å². The van der Waals surface area contributed by atoms with E-state index in [2.05, 4.69) is 48.4 Å². The van der Waals surface area contributed by atoms with Crippen molar-refractivity contribution >= 4 is 27.8 Å². The third-order valence-electron chi connectivity index (χ3n) is 2.57. The second-order valence-corrected chi connectivity index (χ2v) is 6.47. The first kappa shape index (κ1) is 13.5. The van der Waals surface area contributed by atoms with Gasteiger partial charge in [0.1, 0.15) is 0 Å². The van der Waals surface area contributed by atoms with E-state index in [1.165, 1.54) is 9.88 Å². The highest BCUT2D eigenvalue weighted by Gasteiger charge is 2.14. The second kappa shape index (κ2) is 5.80. The maximum Gasteiger partial charge on any atom is 0.183 e. The Bertz CT molecular complexity index is 514. The van der Waals surface area contributed by atoms with E-state index in [0.717, 1.165) is 29.5 Å². The van der Waals surface area contributed by atoms with E-state index in [0.29, 0.717) is 5.92 Å². The molecule has 2 heterocycles. The fourth-order valence-electron chi connectivity index (χ4n) is 1.59. The van der Waals surface area contributed by atoms with Crippen LogP contribution in [0.3, 0.4) is 0 Å². The van der Waals surface area contributed by atoms with E-state index in [-0.39, 0.29) is 0 Å². The maximum absolute atomic E-state index is 4.63. The summed E-state index contributed by atoms with van der Waals surface area (Å²) in [7, 11) is 0. The van der Waals surface area contributed by atoms with Crippen LogP contribution in [-0.4, -0.2) is 16.5 Å². The Balaban J connectivity index is 2.22. The summed E-state index contributed by atoms with van der Waals surface area (Å²) in [5, 5.41) is 7.64. The number of rotatable bonds is 5. The van der Waals surface area contributed by atoms with Crippen molar-refractivity contribution in [3.05, 3.63) is 16.1 Å². The Kier molecular flexibility index (Phi) is 4.35. The summed E-state index contributed by atoms with van der Waals surface area (Å²) >= 11 is 3.43. The molecule has 0 spiro atoms. The van der Waals surface area contributed by atoms with Crippen molar-refractivity contribution in [1.29, 1.82) is 0 Å². The molecule has 3 nitrogen and oxygen atoms in total. The number of hydrogen-bond acceptors (Lipinski definition) is 5. The van der Waals surface area contributed by atoms with Gasteiger partial charge in [0.25, 0.3) is 0 Å². The molecule has 0 saturated heterocycles. The van der Waals surface area contributed by atoms with Gasteiger partial charge in [0.15, 0.2) is 5.13 Å². The molecule has 18 heavy (non-hydrogen) atoms. The average molecular weight is 281 g/mol. The van der Waals surface area contributed by atoms with E-state index in [4.69, 9.17) is 0 Å². The molecule has 98 valence electrons. The minimum Gasteiger partial charge on any atom is -0.362 e. The summed E-state index contributed by atoms with van der Waals surface area (Å²) < 4.78 is 0. The highest BCUT2D eigenvalue weighted by Crippen LogP contribution is 2.34. The number of hydrogen-bond donors (Lipinski definition) is 1. The molecule has 0 radical (unpaired) electrons. The van der Waals surface area contributed by atoms with Gasteiger partial charge >= 0.3 is 0 Å². The first-order valence-corrected chi connectivity index (χ1v) is 7.98. The fraction of sp³-hybridized carbons (Fsp3) is 0.538. The molecule has 2 aromatic rings. The molecule has 2 aromatic heterocycles. The van der Waals surface area contributed by atoms with Crippen LogP contribution in [0.25, 0.3) is 10.6 Å². The van der Waals surface area contributed by atoms with E-state index in [1.54, 1.807) is 22.7 Å². The van der Waals surface area contributed by atoms with Crippen LogP contribution in [-0.2, 0) is 0 Å². The molecule has 0 unspecified atom stereocenters. The van der Waals surface area contributed by atoms with Crippen molar-refractivity contribution in [2.75, 3.05) is 11.9 Å². The van der Waals surface area contributed by atoms with Gasteiger partial charge in [0.2, 0.25) is 0 Å². The molecule has 0 aliphatic carbocycles. The molecular weight excluding hydrogens is 262 g/mol. The quantitative estimate of drug-likeness (QED) is 0.875. The number of nitrogens with one attached hydrogen (secondary N) is 1. The Hall–Kier alpha value is -0.940. The molecule has 0 fully saturated rings. The van der Waals surface area contributed by atoms with E-state index >= 15 is 0 Å². The molecule has 1 N–H and O–H groups in total. The van der Waals surface area contributed by atoms with Crippen molar-refractivity contribution in [1.82, 2.24) is 9.97 Å². The average Bonchev–Trinajstić information content (AvgIpc) is 2.92. The van der Waals surface area contributed by atoms with Gasteiger partial charge in [0, 0.05) is 17.8 Å². The topological polar surface area (TPSA) is 37.8 Å². The lowest BCUT2D eigenvalue weighted by Gasteiger charge is -1.97. The maximum atomic E-state index is 4.63. The second-order valence-electron chi connectivity index (χ2n) is 4.59. The molecular formula is C13H19N3S2. The molecule has 0 bridgehead atoms. The zero-order valence-electron chi connectivity index (χ0n) is 11.3. The van der Waals surface area contributed by atoms with E-state index in [1.807, 2.05) is 0 Å². The SMILES string of the molecule is CCCNc1nc(-c2sc(C(C)C)nc2C)cs1. The predicted molar refractivity (Wildman–Crippen MR) is 80.8 cm³/mol. The van der Waals surface area contributed by atoms with Crippen molar-refractivity contribution in [2.45, 2.75) is 40.0 Å². The van der Waals surface area contributed by atoms with Crippen LogP contribution in [0.15, 0.2) is 5.38 Å². The molecule has 0 aliphatic heterocycles. The highest BCUT2D eigenvalue weighted by atomic mass is 32.1. The first-order valence-electron chi connectivity index (χ1n) is 6.29. The van der Waals surface area contributed by atoms with Gasteiger partial charge in [-0.25, -0.2) is 9.97 Å². The molecule has 0 aliphatic rings. The summed E-state index contributed by atoms with van der Waals surface area (Å²) in [6.45, 7) is 9.56. The molecule has 0 amide bonds. The lowest BCUT2D eigenvalue weighted by molar-refractivity contribution is 0.847. The van der Waals surface area contributed by atoms with Crippen molar-refractivity contribution < 1.29 is 0 Å². The minimum absolute atomic E-state index is 0.485. The third-order valence-corrected chi connectivity index (χ3v) is 4.85. The van der Waals surface area contributed by atoms with Crippen molar-refractivity contribution in [3.63, 3.8) is 0 Å². The normalized spacial score (nSPS) is 11.2. The zero-order chi connectivity index (χ0) is 13.1. The summed E-state index contributed by atoms with van der Waals surface area (Å²) in [6, 6.07) is 0. The van der Waals surface area contributed by atoms with Crippen LogP contribution in [0.1, 0.15) is 43.8 Å². The summed E-state index contributed by atoms with van der Waals surface area (Å²) in [4.78, 5) is 10.5. The monoisotopic (exact) mass is 281 g/mol. The largest absolute Gasteiger partial charge is 0.362 e. The predicted octanol–water partition coefficient (Wildman–Crippen LogP) is 4.52. The van der Waals surface area contributed by atoms with Crippen LogP contribution < -0.4 is 5.32 Å². The molecule has 0 saturated carbocycles. The summed E-state index contributed by atoms with van der Waals surface area (Å²) in [6.07, 6.45) is 1.12. The zero-order valence-corrected chi connectivity index (χ0v) is 12.9. The van der Waals surface area contributed by atoms with E-state index < -0.39 is 0 Å². The highest BCUT2D eigenvalue weighted by molar-refractivity contribution is 7.16. The number of anilines is 1. The van der Waals surface area contributed by atoms with Crippen LogP contribution in [0, 0.1) is 6.92 Å². The smallest absolute Gasteiger partial charge is 0.183 e. The number of thiazole rings is 2. The third kappa shape index (κ3) is 2.90. The standard InChI is InChI=1S/C13H19N3S2/c1-5-6-14-13-16-10(7-17-13)11-9(4)15-12(18-11)8(2)3/h7-8H,5-6H2,1-4H3,(H,14,16). The Morgan fingerprint density at radius 3 is 2.72 bits per heavy atom. The van der Waals surface area contributed by atoms with Gasteiger partial charge in [-0.15, -0.1) is 22.7 Å². The number of aromatic nitrogens is 2. The molecule has 0 aromatic carbocycles. The molecule has 0 atom stereocenters. The Morgan fingerprint density at radius 1 is 1.33 bits per heavy atom. The van der Waals surface area contributed by atoms with Crippen LogP contribution in [0.5, 0.6) is 0 Å². The lowest BCUT2D eigenvalue weighted by atomic mass is 10.2. The first-order chi connectivity index (χ1) is 8.61. The van der Waals surface area contributed by atoms with Crippen molar-refractivity contribution in [3.8, 4) is 10.6 Å². The van der Waals surface area contributed by atoms with Gasteiger partial charge in [-0.3, -0.25) is 0 Å². The van der Waals surface area contributed by atoms with Crippen LogP contribution >= 0.6 is 22.7 Å². The lowest BCUT2D eigenvalue weighted by Crippen LogP contribution is -1.98. The molecule has 2 rings (SSSR count). The van der Waals surface area contributed by atoms with Gasteiger partial charge in [-0.05, 0) is 13.3 Å². The molecule has 5 heteroatoms. The number of nitrogens with zero attached hydrogens (tertiary/aromatic N) is 2. The van der Waals surface area contributed by atoms with Crippen molar-refractivity contribution in [2.24, 2.45) is 0 Å². The van der Waals surface area contributed by atoms with Crippen LogP contribution in [0.2, 0.25) is 0 Å². The van der Waals surface area contributed by atoms with Gasteiger partial charge in [0.05, 0.1) is 21.3 Å². The minimum atomic E-state index is 0.485. The van der Waals surface area contributed by atoms with Gasteiger partial charge < -0.3 is 5.32 Å². The number of aryl methyl sites for hydroxylation is 1. The Labute approximate surface area is 116 Å². The van der Waals surface area contributed by atoms with E-state index in [9.17, 15) is 0 Å². The summed E-state index contributed by atoms with van der Waals surface area (Å²) in [5.41, 5.74) is 2.15.